The van der Waals surface area contributed by atoms with Crippen LogP contribution < -0.4 is 0 Å². The van der Waals surface area contributed by atoms with Gasteiger partial charge in [0.15, 0.2) is 6.10 Å². The van der Waals surface area contributed by atoms with Gasteiger partial charge in [0.25, 0.3) is 0 Å². The molecule has 3 atom stereocenters. The molecule has 0 saturated heterocycles. The zero-order valence-corrected chi connectivity index (χ0v) is 49.1. The third-order valence-corrected chi connectivity index (χ3v) is 13.4. The number of rotatable bonds is 55. The van der Waals surface area contributed by atoms with Crippen LogP contribution in [-0.2, 0) is 42.2 Å². The van der Waals surface area contributed by atoms with Crippen LogP contribution in [0, 0.1) is 0 Å². The molecule has 0 bridgehead atoms. The van der Waals surface area contributed by atoms with E-state index in [9.17, 15) is 28.9 Å². The fourth-order valence-corrected chi connectivity index (χ4v) is 8.71. The van der Waals surface area contributed by atoms with Gasteiger partial charge in [-0.25, -0.2) is 4.57 Å². The molecule has 0 rings (SSSR count). The van der Waals surface area contributed by atoms with E-state index in [1.165, 1.54) is 96.3 Å². The summed E-state index contributed by atoms with van der Waals surface area (Å²) in [6, 6.07) is 0. The Morgan fingerprint density at radius 1 is 0.395 bits per heavy atom. The van der Waals surface area contributed by atoms with E-state index in [1.807, 2.05) is 12.2 Å². The van der Waals surface area contributed by atoms with Crippen LogP contribution >= 0.6 is 7.82 Å². The van der Waals surface area contributed by atoms with Crippen molar-refractivity contribution in [2.45, 2.75) is 264 Å². The van der Waals surface area contributed by atoms with Crippen molar-refractivity contribution in [1.29, 1.82) is 0 Å². The summed E-state index contributed by atoms with van der Waals surface area (Å²) < 4.78 is 39.4. The Kier molecular flexibility index (Phi) is 54.8. The van der Waals surface area contributed by atoms with Crippen molar-refractivity contribution in [3.8, 4) is 0 Å². The van der Waals surface area contributed by atoms with E-state index in [2.05, 4.69) is 99.8 Å². The van der Waals surface area contributed by atoms with Gasteiger partial charge in [-0.05, 0) is 103 Å². The Hall–Kier alpha value is -3.60. The highest BCUT2D eigenvalue weighted by atomic mass is 31.2. The smallest absolute Gasteiger partial charge is 0.462 e. The molecule has 436 valence electrons. The summed E-state index contributed by atoms with van der Waals surface area (Å²) in [6.07, 6.45) is 68.2. The normalized spacial score (nSPS) is 14.0. The third kappa shape index (κ3) is 55.2. The van der Waals surface area contributed by atoms with Gasteiger partial charge >= 0.3 is 25.7 Å². The van der Waals surface area contributed by atoms with Crippen molar-refractivity contribution in [1.82, 2.24) is 0 Å². The van der Waals surface area contributed by atoms with E-state index >= 15 is 0 Å². The zero-order valence-electron chi connectivity index (χ0n) is 48.2. The van der Waals surface area contributed by atoms with Crippen LogP contribution in [0.5, 0.6) is 0 Å². The number of hydrogen-bond acceptors (Lipinski definition) is 10. The number of allylic oxidation sites excluding steroid dienone is 15. The molecule has 0 aromatic carbocycles. The Morgan fingerprint density at radius 2 is 0.737 bits per heavy atom. The van der Waals surface area contributed by atoms with E-state index in [4.69, 9.17) is 23.3 Å². The lowest BCUT2D eigenvalue weighted by Gasteiger charge is -2.21. The summed E-state index contributed by atoms with van der Waals surface area (Å²) >= 11 is 0. The average molecular weight is 1090 g/mol. The Bertz CT molecular complexity index is 1640. The van der Waals surface area contributed by atoms with E-state index in [-0.39, 0.29) is 25.9 Å². The first-order valence-electron chi connectivity index (χ1n) is 30.1. The molecular formula is C64H109O11P. The zero-order chi connectivity index (χ0) is 55.5. The third-order valence-electron chi connectivity index (χ3n) is 12.5. The highest BCUT2D eigenvalue weighted by molar-refractivity contribution is 7.47. The van der Waals surface area contributed by atoms with Gasteiger partial charge in [0.05, 0.1) is 26.2 Å². The van der Waals surface area contributed by atoms with Gasteiger partial charge in [0, 0.05) is 12.8 Å². The molecule has 0 spiro atoms. The molecule has 0 aromatic heterocycles. The lowest BCUT2D eigenvalue weighted by Crippen LogP contribution is -2.30. The minimum atomic E-state index is -4.78. The molecule has 3 unspecified atom stereocenters. The molecule has 0 aliphatic rings. The van der Waals surface area contributed by atoms with Crippen molar-refractivity contribution >= 4 is 25.7 Å². The highest BCUT2D eigenvalue weighted by Crippen LogP contribution is 2.43. The first-order valence-corrected chi connectivity index (χ1v) is 31.6. The predicted molar refractivity (Wildman–Crippen MR) is 316 cm³/mol. The van der Waals surface area contributed by atoms with Gasteiger partial charge in [0.1, 0.15) is 12.7 Å². The maximum absolute atomic E-state index is 12.9. The minimum Gasteiger partial charge on any atom is -0.462 e. The van der Waals surface area contributed by atoms with Crippen molar-refractivity contribution in [3.63, 3.8) is 0 Å². The van der Waals surface area contributed by atoms with Crippen LogP contribution in [0.15, 0.2) is 97.2 Å². The summed E-state index contributed by atoms with van der Waals surface area (Å²) in [5.74, 6) is -1.63. The van der Waals surface area contributed by atoms with E-state index in [0.29, 0.717) is 19.3 Å². The van der Waals surface area contributed by atoms with Crippen LogP contribution in [-0.4, -0.2) is 66.5 Å². The van der Waals surface area contributed by atoms with Gasteiger partial charge < -0.3 is 24.2 Å². The maximum Gasteiger partial charge on any atom is 0.472 e. The quantitative estimate of drug-likeness (QED) is 0.0197. The lowest BCUT2D eigenvalue weighted by molar-refractivity contribution is -0.160. The lowest BCUT2D eigenvalue weighted by atomic mass is 10.1. The number of aliphatic hydroxyl groups excluding tert-OH is 1. The molecule has 2 N–H and O–H groups in total. The number of unbranched alkanes of at least 4 members (excludes halogenated alkanes) is 23. The van der Waals surface area contributed by atoms with Gasteiger partial charge in [0.2, 0.25) is 0 Å². The number of ether oxygens (including phenoxy) is 3. The molecule has 12 heteroatoms. The Labute approximate surface area is 463 Å². The number of esters is 3. The first kappa shape index (κ1) is 72.4. The number of hydrogen-bond donors (Lipinski definition) is 2. The molecule has 11 nitrogen and oxygen atoms in total. The summed E-state index contributed by atoms with van der Waals surface area (Å²) in [5.41, 5.74) is 0. The molecule has 0 saturated carbocycles. The van der Waals surface area contributed by atoms with E-state index in [0.717, 1.165) is 96.3 Å². The van der Waals surface area contributed by atoms with Gasteiger partial charge in [-0.2, -0.15) is 0 Å². The second kappa shape index (κ2) is 57.6. The number of phosphoric acid groups is 1. The van der Waals surface area contributed by atoms with Crippen LogP contribution in [0.4, 0.5) is 0 Å². The van der Waals surface area contributed by atoms with Crippen molar-refractivity contribution in [2.24, 2.45) is 0 Å². The first-order chi connectivity index (χ1) is 37.2. The number of phosphoric ester groups is 1. The van der Waals surface area contributed by atoms with Gasteiger partial charge in [-0.1, -0.05) is 227 Å². The minimum absolute atomic E-state index is 0.0689. The molecular weight excluding hydrogens is 976 g/mol. The fraction of sp³-hybridized carbons (Fsp3) is 0.703. The molecule has 0 heterocycles. The standard InChI is InChI=1S/C64H109O11P/c1-4-7-10-13-16-19-22-25-28-29-30-31-34-35-38-41-44-47-50-53-62(66)71-57-61(75-64(68)55-52-49-46-43-40-37-33-27-24-21-18-15-12-9-6-3)59-73-76(69,70)72-58-60(56-65)74-63(67)54-51-48-45-42-39-36-32-26-23-20-17-14-11-8-5-2/h9,12,16,18-19,21,25-28,32-33,40,43,49,52,60-61,65H,4-8,10-11,13-15,17,20,22-24,29-31,34-39,41-42,44-48,50-51,53-59H2,1-3H3,(H,69,70)/b12-9-,19-16-,21-18-,28-25-,32-26-,33-27-,43-40-,52-49-. The molecule has 0 aliphatic carbocycles. The fourth-order valence-electron chi connectivity index (χ4n) is 7.93. The van der Waals surface area contributed by atoms with Crippen LogP contribution in [0.2, 0.25) is 0 Å². The Morgan fingerprint density at radius 3 is 1.20 bits per heavy atom. The second-order valence-electron chi connectivity index (χ2n) is 19.8. The Balaban J connectivity index is 4.80. The number of carbonyl (C=O) groups excluding carboxylic acids is 3. The summed E-state index contributed by atoms with van der Waals surface area (Å²) in [5, 5.41) is 9.82. The SMILES string of the molecule is CC/C=C\C/C=C\C/C=C\C/C=C\C/C=C\CC(=O)OC(COC(=O)CCCCCCCCCCC/C=C\C/C=C\CCCCC)COP(=O)(O)OCC(CO)OC(=O)CCCCCCC/C=C\CCCCCCCC. The topological polar surface area (TPSA) is 155 Å². The van der Waals surface area contributed by atoms with Crippen molar-refractivity contribution < 1.29 is 52.2 Å². The molecule has 0 aliphatic heterocycles. The highest BCUT2D eigenvalue weighted by Gasteiger charge is 2.28. The molecule has 0 amide bonds. The van der Waals surface area contributed by atoms with Crippen molar-refractivity contribution in [2.75, 3.05) is 26.4 Å². The van der Waals surface area contributed by atoms with Crippen molar-refractivity contribution in [3.05, 3.63) is 97.2 Å². The largest absolute Gasteiger partial charge is 0.472 e. The van der Waals surface area contributed by atoms with Gasteiger partial charge in [-0.15, -0.1) is 0 Å². The van der Waals surface area contributed by atoms with Gasteiger partial charge in [-0.3, -0.25) is 23.4 Å². The summed E-state index contributed by atoms with van der Waals surface area (Å²) in [6.45, 7) is 4.39. The molecule has 0 aromatic rings. The number of aliphatic hydroxyl groups is 1. The van der Waals surface area contributed by atoms with Crippen LogP contribution in [0.25, 0.3) is 0 Å². The van der Waals surface area contributed by atoms with Crippen LogP contribution in [0.1, 0.15) is 252 Å². The van der Waals surface area contributed by atoms with Crippen LogP contribution in [0.3, 0.4) is 0 Å². The molecule has 76 heavy (non-hydrogen) atoms. The van der Waals surface area contributed by atoms with E-state index in [1.54, 1.807) is 6.08 Å². The second-order valence-corrected chi connectivity index (χ2v) is 21.2. The molecule has 0 radical (unpaired) electrons. The summed E-state index contributed by atoms with van der Waals surface area (Å²) in [7, 11) is -4.78. The predicted octanol–water partition coefficient (Wildman–Crippen LogP) is 18.0. The number of carbonyl (C=O) groups is 3. The maximum atomic E-state index is 12.9. The average Bonchev–Trinajstić information content (AvgIpc) is 3.41. The van der Waals surface area contributed by atoms with E-state index < -0.39 is 57.8 Å². The molecule has 0 fully saturated rings. The monoisotopic (exact) mass is 1080 g/mol. The summed E-state index contributed by atoms with van der Waals surface area (Å²) in [4.78, 5) is 48.5.